The molecule has 0 aromatic carbocycles. The molecule has 3 heterocycles. The van der Waals surface area contributed by atoms with Gasteiger partial charge in [-0.15, -0.1) is 0 Å². The summed E-state index contributed by atoms with van der Waals surface area (Å²) in [5, 5.41) is 4.26. The van der Waals surface area contributed by atoms with Crippen LogP contribution < -0.4 is 5.32 Å². The van der Waals surface area contributed by atoms with Crippen LogP contribution in [0.15, 0.2) is 42.7 Å². The third-order valence-electron chi connectivity index (χ3n) is 4.40. The van der Waals surface area contributed by atoms with Crippen LogP contribution in [0.4, 0.5) is 0 Å². The van der Waals surface area contributed by atoms with Crippen LogP contribution in [0.2, 0.25) is 0 Å². The molecular formula is C18H24N4OS. The molecule has 0 amide bonds. The van der Waals surface area contributed by atoms with E-state index in [0.29, 0.717) is 12.6 Å². The van der Waals surface area contributed by atoms with Gasteiger partial charge in [-0.2, -0.15) is 0 Å². The van der Waals surface area contributed by atoms with Crippen molar-refractivity contribution in [3.8, 4) is 0 Å². The third-order valence-corrected chi connectivity index (χ3v) is 4.72. The number of hydrogen-bond donors (Lipinski definition) is 1. The minimum atomic E-state index is 0.0392. The molecule has 0 aliphatic carbocycles. The Morgan fingerprint density at radius 2 is 2.12 bits per heavy atom. The van der Waals surface area contributed by atoms with Crippen molar-refractivity contribution in [3.63, 3.8) is 0 Å². The molecule has 1 saturated heterocycles. The normalized spacial score (nSPS) is 20.7. The largest absolute Gasteiger partial charge is 0.383 e. The van der Waals surface area contributed by atoms with Crippen LogP contribution in [0.5, 0.6) is 0 Å². The second kappa shape index (κ2) is 7.32. The molecule has 128 valence electrons. The molecule has 3 rings (SSSR count). The summed E-state index contributed by atoms with van der Waals surface area (Å²) < 4.78 is 7.50. The van der Waals surface area contributed by atoms with E-state index < -0.39 is 0 Å². The number of hydrogen-bond acceptors (Lipinski definition) is 3. The topological polar surface area (TPSA) is 42.3 Å². The number of thiocarbonyl (C=S) groups is 1. The zero-order chi connectivity index (χ0) is 17.1. The molecule has 0 radical (unpaired) electrons. The summed E-state index contributed by atoms with van der Waals surface area (Å²) in [5.41, 5.74) is 2.23. The Morgan fingerprint density at radius 1 is 1.29 bits per heavy atom. The lowest BCUT2D eigenvalue weighted by Gasteiger charge is -2.31. The fourth-order valence-electron chi connectivity index (χ4n) is 3.33. The average Bonchev–Trinajstić information content (AvgIpc) is 3.17. The summed E-state index contributed by atoms with van der Waals surface area (Å²) in [5.74, 6) is 0. The van der Waals surface area contributed by atoms with Crippen molar-refractivity contribution in [2.45, 2.75) is 38.5 Å². The minimum Gasteiger partial charge on any atom is -0.383 e. The molecular weight excluding hydrogens is 320 g/mol. The fraction of sp³-hybridized carbons (Fsp3) is 0.444. The standard InChI is InChI=1S/C18H24N4OS/c1-13(2)22-17(15-8-6-10-21(15)11-12-23-3)16(20-18(22)24)14-7-4-5-9-19-14/h4-10,13,16-17H,11-12H2,1-3H3,(H,20,24)/t16-,17-/m0/s1. The smallest absolute Gasteiger partial charge is 0.170 e. The molecule has 6 heteroatoms. The Hall–Kier alpha value is -1.92. The van der Waals surface area contributed by atoms with Gasteiger partial charge in [0.1, 0.15) is 0 Å². The molecule has 2 aromatic rings. The Morgan fingerprint density at radius 3 is 2.79 bits per heavy atom. The Kier molecular flexibility index (Phi) is 5.16. The van der Waals surface area contributed by atoms with Gasteiger partial charge in [-0.1, -0.05) is 6.07 Å². The lowest BCUT2D eigenvalue weighted by Crippen LogP contribution is -2.36. The van der Waals surface area contributed by atoms with Gasteiger partial charge in [-0.25, -0.2) is 0 Å². The van der Waals surface area contributed by atoms with Gasteiger partial charge in [0.15, 0.2) is 5.11 Å². The van der Waals surface area contributed by atoms with E-state index in [4.69, 9.17) is 17.0 Å². The maximum absolute atomic E-state index is 5.63. The molecule has 0 spiro atoms. The highest BCUT2D eigenvalue weighted by molar-refractivity contribution is 7.80. The molecule has 2 aromatic heterocycles. The molecule has 1 fully saturated rings. The zero-order valence-corrected chi connectivity index (χ0v) is 15.2. The molecule has 1 aliphatic heterocycles. The Labute approximate surface area is 148 Å². The maximum Gasteiger partial charge on any atom is 0.170 e. The molecule has 5 nitrogen and oxygen atoms in total. The van der Waals surface area contributed by atoms with Gasteiger partial charge in [-0.05, 0) is 50.3 Å². The predicted octanol–water partition coefficient (Wildman–Crippen LogP) is 2.91. The highest BCUT2D eigenvalue weighted by Gasteiger charge is 2.42. The van der Waals surface area contributed by atoms with E-state index in [0.717, 1.165) is 17.4 Å². The van der Waals surface area contributed by atoms with Crippen molar-refractivity contribution in [2.24, 2.45) is 0 Å². The van der Waals surface area contributed by atoms with E-state index in [1.54, 1.807) is 7.11 Å². The first-order valence-corrected chi connectivity index (χ1v) is 8.68. The summed E-state index contributed by atoms with van der Waals surface area (Å²) in [6.45, 7) is 5.85. The Balaban J connectivity index is 2.01. The van der Waals surface area contributed by atoms with E-state index in [2.05, 4.69) is 58.0 Å². The predicted molar refractivity (Wildman–Crippen MR) is 98.7 cm³/mol. The minimum absolute atomic E-state index is 0.0392. The molecule has 24 heavy (non-hydrogen) atoms. The van der Waals surface area contributed by atoms with Crippen molar-refractivity contribution < 1.29 is 4.74 Å². The number of ether oxygens (including phenoxy) is 1. The summed E-state index contributed by atoms with van der Waals surface area (Å²) in [6.07, 6.45) is 3.93. The highest BCUT2D eigenvalue weighted by Crippen LogP contribution is 2.39. The van der Waals surface area contributed by atoms with Crippen LogP contribution in [-0.4, -0.2) is 39.3 Å². The van der Waals surface area contributed by atoms with Crippen LogP contribution in [0.1, 0.15) is 37.3 Å². The third kappa shape index (κ3) is 3.16. The molecule has 0 saturated carbocycles. The number of nitrogens with one attached hydrogen (secondary N) is 1. The fourth-order valence-corrected chi connectivity index (χ4v) is 3.78. The van der Waals surface area contributed by atoms with Gasteiger partial charge in [-0.3, -0.25) is 4.98 Å². The van der Waals surface area contributed by atoms with Crippen molar-refractivity contribution in [2.75, 3.05) is 13.7 Å². The summed E-state index contributed by atoms with van der Waals surface area (Å²) in [6, 6.07) is 10.7. The van der Waals surface area contributed by atoms with Crippen molar-refractivity contribution in [1.29, 1.82) is 0 Å². The summed E-state index contributed by atoms with van der Waals surface area (Å²) >= 11 is 5.63. The molecule has 2 atom stereocenters. The van der Waals surface area contributed by atoms with Gasteiger partial charge >= 0.3 is 0 Å². The lowest BCUT2D eigenvalue weighted by atomic mass is 10.0. The van der Waals surface area contributed by atoms with Crippen molar-refractivity contribution in [3.05, 3.63) is 54.1 Å². The van der Waals surface area contributed by atoms with Gasteiger partial charge < -0.3 is 19.5 Å². The van der Waals surface area contributed by atoms with Gasteiger partial charge in [0, 0.05) is 37.8 Å². The molecule has 0 bridgehead atoms. The first kappa shape index (κ1) is 16.9. The maximum atomic E-state index is 5.63. The first-order chi connectivity index (χ1) is 11.6. The van der Waals surface area contributed by atoms with Crippen LogP contribution in [0.3, 0.4) is 0 Å². The Bertz CT molecular complexity index is 685. The van der Waals surface area contributed by atoms with Gasteiger partial charge in [0.25, 0.3) is 0 Å². The summed E-state index contributed by atoms with van der Waals surface area (Å²) in [7, 11) is 1.73. The van der Waals surface area contributed by atoms with Crippen LogP contribution in [-0.2, 0) is 11.3 Å². The number of aromatic nitrogens is 2. The first-order valence-electron chi connectivity index (χ1n) is 8.27. The van der Waals surface area contributed by atoms with E-state index in [-0.39, 0.29) is 12.1 Å². The monoisotopic (exact) mass is 344 g/mol. The van der Waals surface area contributed by atoms with Crippen molar-refractivity contribution >= 4 is 17.3 Å². The van der Waals surface area contributed by atoms with Gasteiger partial charge in [0.2, 0.25) is 0 Å². The van der Waals surface area contributed by atoms with Gasteiger partial charge in [0.05, 0.1) is 24.4 Å². The number of rotatable bonds is 6. The quantitative estimate of drug-likeness (QED) is 0.816. The number of nitrogens with zero attached hydrogens (tertiary/aromatic N) is 3. The highest BCUT2D eigenvalue weighted by atomic mass is 32.1. The zero-order valence-electron chi connectivity index (χ0n) is 14.3. The second-order valence-corrected chi connectivity index (χ2v) is 6.63. The average molecular weight is 344 g/mol. The van der Waals surface area contributed by atoms with Crippen LogP contribution in [0.25, 0.3) is 0 Å². The number of methoxy groups -OCH3 is 1. The van der Waals surface area contributed by atoms with Crippen LogP contribution >= 0.6 is 12.2 Å². The van der Waals surface area contributed by atoms with Crippen LogP contribution in [0, 0.1) is 0 Å². The molecule has 1 aliphatic rings. The second-order valence-electron chi connectivity index (χ2n) is 6.25. The molecule has 1 N–H and O–H groups in total. The summed E-state index contributed by atoms with van der Waals surface area (Å²) in [4.78, 5) is 6.83. The SMILES string of the molecule is COCCn1cccc1[C@H]1[C@H](c2ccccn2)NC(=S)N1C(C)C. The lowest BCUT2D eigenvalue weighted by molar-refractivity contribution is 0.182. The van der Waals surface area contributed by atoms with E-state index in [1.165, 1.54) is 5.69 Å². The van der Waals surface area contributed by atoms with E-state index in [9.17, 15) is 0 Å². The molecule has 0 unspecified atom stereocenters. The van der Waals surface area contributed by atoms with Crippen molar-refractivity contribution in [1.82, 2.24) is 19.8 Å². The van der Waals surface area contributed by atoms with E-state index in [1.807, 2.05) is 18.3 Å². The number of pyridine rings is 1. The van der Waals surface area contributed by atoms with E-state index >= 15 is 0 Å².